The van der Waals surface area contributed by atoms with Gasteiger partial charge in [0.05, 0.1) is 6.20 Å². The van der Waals surface area contributed by atoms with Crippen LogP contribution in [0.15, 0.2) is 24.7 Å². The van der Waals surface area contributed by atoms with E-state index in [4.69, 9.17) is 0 Å². The molecule has 3 heterocycles. The molecule has 0 saturated carbocycles. The zero-order valence-corrected chi connectivity index (χ0v) is 12.6. The van der Waals surface area contributed by atoms with Crippen molar-refractivity contribution in [1.29, 1.82) is 0 Å². The van der Waals surface area contributed by atoms with Crippen LogP contribution in [0.1, 0.15) is 22.5 Å². The number of hydrogen-bond donors (Lipinski definition) is 1. The second-order valence-corrected chi connectivity index (χ2v) is 6.01. The van der Waals surface area contributed by atoms with Gasteiger partial charge in [0.2, 0.25) is 0 Å². The van der Waals surface area contributed by atoms with Crippen LogP contribution >= 0.6 is 11.3 Å². The third kappa shape index (κ3) is 3.08. The summed E-state index contributed by atoms with van der Waals surface area (Å²) in [5.41, 5.74) is 0. The van der Waals surface area contributed by atoms with E-state index in [1.165, 1.54) is 11.3 Å². The molecule has 1 saturated heterocycles. The first kappa shape index (κ1) is 14.1. The zero-order valence-electron chi connectivity index (χ0n) is 11.8. The molecule has 1 N–H and O–H groups in total. The second-order valence-electron chi connectivity index (χ2n) is 4.98. The fraction of sp³-hybridized carbons (Fsp3) is 0.429. The molecule has 1 amide bonds. The lowest BCUT2D eigenvalue weighted by atomic mass is 10.1. The highest BCUT2D eigenvalue weighted by Gasteiger charge is 2.25. The van der Waals surface area contributed by atoms with E-state index in [2.05, 4.69) is 20.3 Å². The quantitative estimate of drug-likeness (QED) is 0.928. The van der Waals surface area contributed by atoms with Gasteiger partial charge in [-0.2, -0.15) is 0 Å². The summed E-state index contributed by atoms with van der Waals surface area (Å²) < 4.78 is 0. The summed E-state index contributed by atoms with van der Waals surface area (Å²) in [4.78, 5) is 27.7. The molecule has 7 heteroatoms. The smallest absolute Gasteiger partial charge is 0.265 e. The average molecular weight is 303 g/mol. The highest BCUT2D eigenvalue weighted by Crippen LogP contribution is 2.23. The molecule has 0 bridgehead atoms. The maximum Gasteiger partial charge on any atom is 0.265 e. The van der Waals surface area contributed by atoms with Crippen LogP contribution < -0.4 is 5.32 Å². The summed E-state index contributed by atoms with van der Waals surface area (Å²) in [5.74, 6) is 0.614. The molecular formula is C14H17N5OS. The number of piperidine rings is 1. The fourth-order valence-electron chi connectivity index (χ4n) is 2.44. The Balaban J connectivity index is 1.75. The standard InChI is InChI=1S/C14H17N5OS/c1-15-10-4-2-7-19(9-10)14(20)11-8-18-13(21-11)12-16-5-3-6-17-12/h3,5-6,8,10,15H,2,4,7,9H2,1H3/t10-/m1/s1. The predicted molar refractivity (Wildman–Crippen MR) is 81.1 cm³/mol. The Bertz CT molecular complexity index is 615. The van der Waals surface area contributed by atoms with Crippen LogP contribution in [-0.4, -0.2) is 51.9 Å². The van der Waals surface area contributed by atoms with Crippen LogP contribution in [0, 0.1) is 0 Å². The van der Waals surface area contributed by atoms with E-state index in [1.807, 2.05) is 11.9 Å². The Hall–Kier alpha value is -1.86. The van der Waals surface area contributed by atoms with Crippen molar-refractivity contribution in [1.82, 2.24) is 25.2 Å². The molecule has 0 aliphatic carbocycles. The molecular weight excluding hydrogens is 286 g/mol. The molecule has 3 rings (SSSR count). The number of hydrogen-bond acceptors (Lipinski definition) is 6. The van der Waals surface area contributed by atoms with E-state index >= 15 is 0 Å². The van der Waals surface area contributed by atoms with Gasteiger partial charge in [-0.15, -0.1) is 11.3 Å². The van der Waals surface area contributed by atoms with E-state index in [-0.39, 0.29) is 5.91 Å². The first-order valence-electron chi connectivity index (χ1n) is 6.97. The van der Waals surface area contributed by atoms with Crippen molar-refractivity contribution >= 4 is 17.2 Å². The van der Waals surface area contributed by atoms with E-state index in [0.717, 1.165) is 25.9 Å². The summed E-state index contributed by atoms with van der Waals surface area (Å²) in [6, 6.07) is 2.14. The lowest BCUT2D eigenvalue weighted by Crippen LogP contribution is -2.46. The number of likely N-dealkylation sites (tertiary alicyclic amines) is 1. The molecule has 0 radical (unpaired) electrons. The summed E-state index contributed by atoms with van der Waals surface area (Å²) in [5, 5.41) is 3.93. The van der Waals surface area contributed by atoms with Gasteiger partial charge in [-0.1, -0.05) is 0 Å². The van der Waals surface area contributed by atoms with Gasteiger partial charge >= 0.3 is 0 Å². The van der Waals surface area contributed by atoms with E-state index in [0.29, 0.717) is 21.8 Å². The molecule has 0 unspecified atom stereocenters. The molecule has 1 aliphatic rings. The third-order valence-corrected chi connectivity index (χ3v) is 4.57. The number of nitrogens with one attached hydrogen (secondary N) is 1. The predicted octanol–water partition coefficient (Wildman–Crippen LogP) is 1.42. The number of carbonyl (C=O) groups is 1. The Morgan fingerprint density at radius 3 is 2.95 bits per heavy atom. The Morgan fingerprint density at radius 1 is 1.38 bits per heavy atom. The molecule has 1 aliphatic heterocycles. The number of rotatable bonds is 3. The van der Waals surface area contributed by atoms with Crippen molar-refractivity contribution in [3.63, 3.8) is 0 Å². The first-order chi connectivity index (χ1) is 10.3. The highest BCUT2D eigenvalue weighted by molar-refractivity contribution is 7.16. The van der Waals surface area contributed by atoms with Gasteiger partial charge in [-0.05, 0) is 26.0 Å². The van der Waals surface area contributed by atoms with Gasteiger partial charge in [0, 0.05) is 31.5 Å². The molecule has 0 spiro atoms. The Labute approximate surface area is 127 Å². The molecule has 1 fully saturated rings. The van der Waals surface area contributed by atoms with Crippen LogP contribution in [0.25, 0.3) is 10.8 Å². The molecule has 2 aromatic heterocycles. The normalized spacial score (nSPS) is 18.7. The molecule has 1 atom stereocenters. The minimum Gasteiger partial charge on any atom is -0.336 e. The van der Waals surface area contributed by atoms with Crippen molar-refractivity contribution in [2.75, 3.05) is 20.1 Å². The molecule has 2 aromatic rings. The topological polar surface area (TPSA) is 71.0 Å². The van der Waals surface area contributed by atoms with E-state index in [1.54, 1.807) is 24.7 Å². The number of carbonyl (C=O) groups excluding carboxylic acids is 1. The SMILES string of the molecule is CN[C@@H]1CCCN(C(=O)c2cnc(-c3ncccn3)s2)C1. The van der Waals surface area contributed by atoms with Crippen molar-refractivity contribution in [2.24, 2.45) is 0 Å². The molecule has 6 nitrogen and oxygen atoms in total. The highest BCUT2D eigenvalue weighted by atomic mass is 32.1. The largest absolute Gasteiger partial charge is 0.336 e. The minimum absolute atomic E-state index is 0.0506. The maximum atomic E-state index is 12.5. The van der Waals surface area contributed by atoms with Crippen LogP contribution in [0.5, 0.6) is 0 Å². The van der Waals surface area contributed by atoms with Crippen molar-refractivity contribution in [3.8, 4) is 10.8 Å². The average Bonchev–Trinajstić information content (AvgIpc) is 3.05. The summed E-state index contributed by atoms with van der Waals surface area (Å²) in [6.45, 7) is 1.57. The second kappa shape index (κ2) is 6.28. The zero-order chi connectivity index (χ0) is 14.7. The fourth-order valence-corrected chi connectivity index (χ4v) is 3.27. The van der Waals surface area contributed by atoms with Gasteiger partial charge < -0.3 is 10.2 Å². The number of thiazole rings is 1. The van der Waals surface area contributed by atoms with E-state index in [9.17, 15) is 4.79 Å². The van der Waals surface area contributed by atoms with Gasteiger partial charge in [0.25, 0.3) is 5.91 Å². The summed E-state index contributed by atoms with van der Waals surface area (Å²) in [6.07, 6.45) is 7.12. The lowest BCUT2D eigenvalue weighted by Gasteiger charge is -2.32. The van der Waals surface area contributed by atoms with Crippen molar-refractivity contribution in [2.45, 2.75) is 18.9 Å². The van der Waals surface area contributed by atoms with Gasteiger partial charge in [-0.3, -0.25) is 4.79 Å². The third-order valence-electron chi connectivity index (χ3n) is 3.59. The van der Waals surface area contributed by atoms with Crippen molar-refractivity contribution in [3.05, 3.63) is 29.5 Å². The Morgan fingerprint density at radius 2 is 2.19 bits per heavy atom. The van der Waals surface area contributed by atoms with Gasteiger partial charge in [0.1, 0.15) is 4.88 Å². The number of amides is 1. The van der Waals surface area contributed by atoms with Gasteiger partial charge in [-0.25, -0.2) is 15.0 Å². The maximum absolute atomic E-state index is 12.5. The summed E-state index contributed by atoms with van der Waals surface area (Å²) >= 11 is 1.35. The number of nitrogens with zero attached hydrogens (tertiary/aromatic N) is 4. The molecule has 21 heavy (non-hydrogen) atoms. The summed E-state index contributed by atoms with van der Waals surface area (Å²) in [7, 11) is 1.94. The first-order valence-corrected chi connectivity index (χ1v) is 7.79. The number of likely N-dealkylation sites (N-methyl/N-ethyl adjacent to an activating group) is 1. The molecule has 110 valence electrons. The van der Waals surface area contributed by atoms with Crippen LogP contribution in [-0.2, 0) is 0 Å². The lowest BCUT2D eigenvalue weighted by molar-refractivity contribution is 0.0703. The minimum atomic E-state index is 0.0506. The molecule has 0 aromatic carbocycles. The van der Waals surface area contributed by atoms with Crippen LogP contribution in [0.3, 0.4) is 0 Å². The van der Waals surface area contributed by atoms with Crippen LogP contribution in [0.2, 0.25) is 0 Å². The van der Waals surface area contributed by atoms with Crippen LogP contribution in [0.4, 0.5) is 0 Å². The Kier molecular flexibility index (Phi) is 4.21. The van der Waals surface area contributed by atoms with Crippen molar-refractivity contribution < 1.29 is 4.79 Å². The number of aromatic nitrogens is 3. The van der Waals surface area contributed by atoms with Gasteiger partial charge in [0.15, 0.2) is 10.8 Å². The van der Waals surface area contributed by atoms with E-state index < -0.39 is 0 Å². The monoisotopic (exact) mass is 303 g/mol.